The lowest BCUT2D eigenvalue weighted by atomic mass is 9.56. The summed E-state index contributed by atoms with van der Waals surface area (Å²) in [5, 5.41) is 0. The molecule has 2 rings (SSSR count). The van der Waals surface area contributed by atoms with Gasteiger partial charge in [0, 0.05) is 11.8 Å². The number of rotatable bonds is 2. The van der Waals surface area contributed by atoms with Crippen LogP contribution >= 0.6 is 0 Å². The quantitative estimate of drug-likeness (QED) is 0.522. The van der Waals surface area contributed by atoms with Gasteiger partial charge in [0.05, 0.1) is 0 Å². The van der Waals surface area contributed by atoms with Crippen molar-refractivity contribution < 1.29 is 4.79 Å². The summed E-state index contributed by atoms with van der Waals surface area (Å²) in [5.74, 6) is 3.09. The zero-order valence-corrected chi connectivity index (χ0v) is 13.0. The Kier molecular flexibility index (Phi) is 4.32. The number of hydrogen-bond acceptors (Lipinski definition) is 1. The van der Waals surface area contributed by atoms with E-state index in [1.165, 1.54) is 30.3 Å². The zero-order valence-electron chi connectivity index (χ0n) is 13.0. The van der Waals surface area contributed by atoms with Gasteiger partial charge in [-0.25, -0.2) is 0 Å². The maximum absolute atomic E-state index is 11.8. The fourth-order valence-corrected chi connectivity index (χ4v) is 4.53. The van der Waals surface area contributed by atoms with Crippen LogP contribution in [0.3, 0.4) is 0 Å². The number of hydrogen-bond donors (Lipinski definition) is 0. The summed E-state index contributed by atoms with van der Waals surface area (Å²) in [5.41, 5.74) is 2.77. The first-order chi connectivity index (χ1) is 9.01. The van der Waals surface area contributed by atoms with Crippen LogP contribution < -0.4 is 0 Å². The molecule has 1 nitrogen and oxygen atoms in total. The second-order valence-corrected chi connectivity index (χ2v) is 6.82. The summed E-state index contributed by atoms with van der Waals surface area (Å²) < 4.78 is 0. The Morgan fingerprint density at radius 2 is 1.89 bits per heavy atom. The van der Waals surface area contributed by atoms with E-state index in [0.717, 1.165) is 5.92 Å². The second-order valence-electron chi connectivity index (χ2n) is 6.82. The largest absolute Gasteiger partial charge is 0.303 e. The molecule has 1 fully saturated rings. The third kappa shape index (κ3) is 2.44. The van der Waals surface area contributed by atoms with Gasteiger partial charge in [0.15, 0.2) is 0 Å². The molecule has 0 amide bonds. The summed E-state index contributed by atoms with van der Waals surface area (Å²) in [6.07, 6.45) is 8.50. The summed E-state index contributed by atoms with van der Waals surface area (Å²) in [4.78, 5) is 11.8. The van der Waals surface area contributed by atoms with Crippen LogP contribution in [0.1, 0.15) is 47.5 Å². The number of fused-ring (bicyclic) bond motifs is 1. The van der Waals surface area contributed by atoms with Crippen molar-refractivity contribution in [1.82, 2.24) is 0 Å². The third-order valence-electron chi connectivity index (χ3n) is 5.71. The van der Waals surface area contributed by atoms with E-state index in [-0.39, 0.29) is 5.92 Å². The van der Waals surface area contributed by atoms with Gasteiger partial charge in [-0.05, 0) is 50.9 Å². The highest BCUT2D eigenvalue weighted by atomic mass is 16.1. The van der Waals surface area contributed by atoms with E-state index >= 15 is 0 Å². The van der Waals surface area contributed by atoms with Crippen molar-refractivity contribution in [1.29, 1.82) is 0 Å². The first-order valence-corrected chi connectivity index (χ1v) is 7.77. The minimum Gasteiger partial charge on any atom is -0.303 e. The Bertz CT molecular complexity index is 404. The standard InChI is InChI=1S/C18H28O/c1-6-11(2)17-14(5)9-15-12(3)7-8-13(4)18(15)16(17)10-19/h6,9-10,12-13,15-18H,7-8H2,1-5H3/b11-6-/t12-,13-,15-,16+,17?,18+/m0/s1. The molecule has 106 valence electrons. The summed E-state index contributed by atoms with van der Waals surface area (Å²) >= 11 is 0. The second kappa shape index (κ2) is 5.64. The molecule has 0 spiro atoms. The minimum atomic E-state index is 0.184. The Morgan fingerprint density at radius 1 is 1.26 bits per heavy atom. The van der Waals surface area contributed by atoms with Gasteiger partial charge >= 0.3 is 0 Å². The molecule has 0 saturated heterocycles. The summed E-state index contributed by atoms with van der Waals surface area (Å²) in [6.45, 7) is 11.2. The average Bonchev–Trinajstić information content (AvgIpc) is 2.40. The molecule has 0 aromatic rings. The molecule has 0 bridgehead atoms. The zero-order chi connectivity index (χ0) is 14.2. The molecular formula is C18H28O. The van der Waals surface area contributed by atoms with Crippen molar-refractivity contribution in [3.05, 3.63) is 23.3 Å². The van der Waals surface area contributed by atoms with E-state index in [0.29, 0.717) is 23.7 Å². The van der Waals surface area contributed by atoms with Crippen molar-refractivity contribution in [2.45, 2.75) is 47.5 Å². The smallest absolute Gasteiger partial charge is 0.124 e. The SMILES string of the molecule is C/C=C(/C)C1C(C)=C[C@@H]2[C@H]([C@@H]1C=O)[C@@H](C)CC[C@@H]2C. The van der Waals surface area contributed by atoms with Crippen LogP contribution in [0.5, 0.6) is 0 Å². The lowest BCUT2D eigenvalue weighted by Gasteiger charge is -2.48. The van der Waals surface area contributed by atoms with E-state index in [1.807, 2.05) is 0 Å². The summed E-state index contributed by atoms with van der Waals surface area (Å²) in [7, 11) is 0. The summed E-state index contributed by atoms with van der Waals surface area (Å²) in [6, 6.07) is 0. The van der Waals surface area contributed by atoms with Crippen LogP contribution in [0, 0.1) is 35.5 Å². The highest BCUT2D eigenvalue weighted by molar-refractivity contribution is 5.58. The third-order valence-corrected chi connectivity index (χ3v) is 5.71. The van der Waals surface area contributed by atoms with Crippen LogP contribution in [0.15, 0.2) is 23.3 Å². The van der Waals surface area contributed by atoms with E-state index in [4.69, 9.17) is 0 Å². The fourth-order valence-electron chi connectivity index (χ4n) is 4.53. The van der Waals surface area contributed by atoms with Gasteiger partial charge < -0.3 is 4.79 Å². The molecule has 0 radical (unpaired) electrons. The lowest BCUT2D eigenvalue weighted by molar-refractivity contribution is -0.116. The molecule has 1 unspecified atom stereocenters. The van der Waals surface area contributed by atoms with Crippen LogP contribution in [0.4, 0.5) is 0 Å². The van der Waals surface area contributed by atoms with Crippen molar-refractivity contribution in [3.63, 3.8) is 0 Å². The molecule has 1 saturated carbocycles. The van der Waals surface area contributed by atoms with E-state index in [2.05, 4.69) is 46.8 Å². The van der Waals surface area contributed by atoms with Crippen molar-refractivity contribution >= 4 is 6.29 Å². The van der Waals surface area contributed by atoms with Gasteiger partial charge in [-0.15, -0.1) is 0 Å². The lowest BCUT2D eigenvalue weighted by Crippen LogP contribution is -2.43. The molecule has 0 heterocycles. The van der Waals surface area contributed by atoms with E-state index in [1.54, 1.807) is 0 Å². The maximum Gasteiger partial charge on any atom is 0.124 e. The normalized spacial score (nSPS) is 43.4. The highest BCUT2D eigenvalue weighted by Gasteiger charge is 2.45. The van der Waals surface area contributed by atoms with Crippen molar-refractivity contribution in [3.8, 4) is 0 Å². The van der Waals surface area contributed by atoms with Gasteiger partial charge in [0.1, 0.15) is 6.29 Å². The Balaban J connectivity index is 2.45. The maximum atomic E-state index is 11.8. The number of carbonyl (C=O) groups excluding carboxylic acids is 1. The monoisotopic (exact) mass is 260 g/mol. The predicted molar refractivity (Wildman–Crippen MR) is 80.8 cm³/mol. The Morgan fingerprint density at radius 3 is 2.47 bits per heavy atom. The molecular weight excluding hydrogens is 232 g/mol. The van der Waals surface area contributed by atoms with Crippen molar-refractivity contribution in [2.75, 3.05) is 0 Å². The van der Waals surface area contributed by atoms with Crippen LogP contribution in [0.2, 0.25) is 0 Å². The highest BCUT2D eigenvalue weighted by Crippen LogP contribution is 2.51. The molecule has 1 heteroatoms. The Labute approximate surface area is 118 Å². The predicted octanol–water partition coefficient (Wildman–Crippen LogP) is 4.64. The van der Waals surface area contributed by atoms with Gasteiger partial charge in [-0.2, -0.15) is 0 Å². The van der Waals surface area contributed by atoms with Crippen LogP contribution in [0.25, 0.3) is 0 Å². The van der Waals surface area contributed by atoms with Gasteiger partial charge in [0.25, 0.3) is 0 Å². The molecule has 19 heavy (non-hydrogen) atoms. The molecule has 2 aliphatic carbocycles. The van der Waals surface area contributed by atoms with Gasteiger partial charge in [0.2, 0.25) is 0 Å². The first kappa shape index (κ1) is 14.6. The fraction of sp³-hybridized carbons (Fsp3) is 0.722. The Hall–Kier alpha value is -0.850. The van der Waals surface area contributed by atoms with Crippen LogP contribution in [-0.4, -0.2) is 6.29 Å². The molecule has 0 aliphatic heterocycles. The van der Waals surface area contributed by atoms with E-state index < -0.39 is 0 Å². The minimum absolute atomic E-state index is 0.184. The van der Waals surface area contributed by atoms with Crippen LogP contribution in [-0.2, 0) is 4.79 Å². The average molecular weight is 260 g/mol. The van der Waals surface area contributed by atoms with Gasteiger partial charge in [-0.3, -0.25) is 0 Å². The van der Waals surface area contributed by atoms with E-state index in [9.17, 15) is 4.79 Å². The first-order valence-electron chi connectivity index (χ1n) is 7.77. The number of aldehydes is 1. The molecule has 0 aromatic heterocycles. The number of carbonyl (C=O) groups is 1. The molecule has 2 aliphatic rings. The topological polar surface area (TPSA) is 17.1 Å². The number of allylic oxidation sites excluding steroid dienone is 4. The van der Waals surface area contributed by atoms with Gasteiger partial charge in [-0.1, -0.05) is 43.6 Å². The van der Waals surface area contributed by atoms with Crippen molar-refractivity contribution in [2.24, 2.45) is 35.5 Å². The molecule has 0 N–H and O–H groups in total. The molecule has 0 aromatic carbocycles. The molecule has 6 atom stereocenters.